The number of allylic oxidation sites excluding steroid dienone is 1. The van der Waals surface area contributed by atoms with E-state index in [9.17, 15) is 9.59 Å². The van der Waals surface area contributed by atoms with E-state index in [1.54, 1.807) is 0 Å². The molecule has 0 aromatic rings. The SMILES string of the molecule is COC(=O)N/C=C/C(C)=O. The molecule has 0 fully saturated rings. The summed E-state index contributed by atoms with van der Waals surface area (Å²) in [4.78, 5) is 20.5. The quantitative estimate of drug-likeness (QED) is 0.571. The summed E-state index contributed by atoms with van der Waals surface area (Å²) in [5, 5.41) is 2.20. The van der Waals surface area contributed by atoms with Crippen LogP contribution >= 0.6 is 0 Å². The van der Waals surface area contributed by atoms with Gasteiger partial charge in [-0.2, -0.15) is 0 Å². The van der Waals surface area contributed by atoms with Gasteiger partial charge in [-0.25, -0.2) is 4.79 Å². The van der Waals surface area contributed by atoms with Crippen LogP contribution in [0.1, 0.15) is 6.92 Å². The molecule has 0 heterocycles. The molecule has 1 N–H and O–H groups in total. The van der Waals surface area contributed by atoms with E-state index in [0.717, 1.165) is 0 Å². The summed E-state index contributed by atoms with van der Waals surface area (Å²) in [7, 11) is 1.25. The van der Waals surface area contributed by atoms with Crippen molar-refractivity contribution in [2.24, 2.45) is 0 Å². The summed E-state index contributed by atoms with van der Waals surface area (Å²) in [5.41, 5.74) is 0. The maximum absolute atomic E-state index is 10.3. The highest BCUT2D eigenvalue weighted by Gasteiger charge is 1.90. The van der Waals surface area contributed by atoms with Crippen LogP contribution in [0.4, 0.5) is 4.79 Å². The number of ketones is 1. The minimum Gasteiger partial charge on any atom is -0.453 e. The third-order valence-electron chi connectivity index (χ3n) is 0.705. The fourth-order valence-electron chi connectivity index (χ4n) is 0.286. The Bertz CT molecular complexity index is 162. The molecule has 4 heteroatoms. The Morgan fingerprint density at radius 3 is 2.50 bits per heavy atom. The largest absolute Gasteiger partial charge is 0.453 e. The van der Waals surface area contributed by atoms with Crippen molar-refractivity contribution in [3.63, 3.8) is 0 Å². The number of carbonyl (C=O) groups is 2. The van der Waals surface area contributed by atoms with Crippen molar-refractivity contribution in [2.45, 2.75) is 6.92 Å². The molecule has 56 valence electrons. The predicted molar refractivity (Wildman–Crippen MR) is 35.4 cm³/mol. The highest BCUT2D eigenvalue weighted by Crippen LogP contribution is 1.73. The normalized spacial score (nSPS) is 9.40. The number of rotatable bonds is 2. The van der Waals surface area contributed by atoms with Gasteiger partial charge in [0.15, 0.2) is 5.78 Å². The fourth-order valence-corrected chi connectivity index (χ4v) is 0.286. The van der Waals surface area contributed by atoms with E-state index >= 15 is 0 Å². The number of hydrogen-bond donors (Lipinski definition) is 1. The maximum Gasteiger partial charge on any atom is 0.410 e. The molecule has 0 aliphatic heterocycles. The van der Waals surface area contributed by atoms with Gasteiger partial charge in [0.25, 0.3) is 0 Å². The molecule has 0 unspecified atom stereocenters. The van der Waals surface area contributed by atoms with Crippen LogP contribution in [0.15, 0.2) is 12.3 Å². The minimum absolute atomic E-state index is 0.128. The summed E-state index contributed by atoms with van der Waals surface area (Å²) in [6.45, 7) is 1.38. The van der Waals surface area contributed by atoms with E-state index in [1.807, 2.05) is 0 Å². The van der Waals surface area contributed by atoms with Crippen molar-refractivity contribution >= 4 is 11.9 Å². The number of methoxy groups -OCH3 is 1. The van der Waals surface area contributed by atoms with Crippen LogP contribution in [0.25, 0.3) is 0 Å². The molecule has 0 radical (unpaired) electrons. The summed E-state index contributed by atoms with van der Waals surface area (Å²) in [5.74, 6) is -0.128. The lowest BCUT2D eigenvalue weighted by molar-refractivity contribution is -0.112. The van der Waals surface area contributed by atoms with Gasteiger partial charge in [-0.3, -0.25) is 10.1 Å². The standard InChI is InChI=1S/C6H9NO3/c1-5(8)3-4-7-6(9)10-2/h3-4H,1-2H3,(H,7,9)/b4-3+. The number of carbonyl (C=O) groups excluding carboxylic acids is 2. The molecule has 0 aromatic carbocycles. The molecule has 4 nitrogen and oxygen atoms in total. The Morgan fingerprint density at radius 1 is 1.50 bits per heavy atom. The molecule has 0 rings (SSSR count). The molecular formula is C6H9NO3. The van der Waals surface area contributed by atoms with Gasteiger partial charge in [-0.05, 0) is 13.0 Å². The van der Waals surface area contributed by atoms with E-state index in [0.29, 0.717) is 0 Å². The van der Waals surface area contributed by atoms with Crippen LogP contribution in [0.2, 0.25) is 0 Å². The van der Waals surface area contributed by atoms with Crippen molar-refractivity contribution in [3.05, 3.63) is 12.3 Å². The van der Waals surface area contributed by atoms with Gasteiger partial charge < -0.3 is 4.74 Å². The number of nitrogens with one attached hydrogen (secondary N) is 1. The smallest absolute Gasteiger partial charge is 0.410 e. The maximum atomic E-state index is 10.3. The van der Waals surface area contributed by atoms with Gasteiger partial charge in [0.05, 0.1) is 7.11 Å². The van der Waals surface area contributed by atoms with Crippen LogP contribution in [-0.2, 0) is 9.53 Å². The van der Waals surface area contributed by atoms with Crippen molar-refractivity contribution in [1.82, 2.24) is 5.32 Å². The molecule has 0 bridgehead atoms. The van der Waals surface area contributed by atoms with E-state index in [1.165, 1.54) is 26.3 Å². The highest BCUT2D eigenvalue weighted by atomic mass is 16.5. The molecule has 0 atom stereocenters. The van der Waals surface area contributed by atoms with Crippen LogP contribution < -0.4 is 5.32 Å². The van der Waals surface area contributed by atoms with Gasteiger partial charge in [-0.1, -0.05) is 0 Å². The Labute approximate surface area is 58.9 Å². The fraction of sp³-hybridized carbons (Fsp3) is 0.333. The first kappa shape index (κ1) is 8.68. The molecule has 0 saturated heterocycles. The summed E-state index contributed by atoms with van der Waals surface area (Å²) >= 11 is 0. The highest BCUT2D eigenvalue weighted by molar-refractivity contribution is 5.87. The van der Waals surface area contributed by atoms with E-state index in [-0.39, 0.29) is 5.78 Å². The zero-order valence-electron chi connectivity index (χ0n) is 5.88. The van der Waals surface area contributed by atoms with Crippen LogP contribution in [0.3, 0.4) is 0 Å². The molecule has 1 amide bonds. The lowest BCUT2D eigenvalue weighted by Crippen LogP contribution is -2.16. The Morgan fingerprint density at radius 2 is 2.10 bits per heavy atom. The first-order valence-electron chi connectivity index (χ1n) is 2.68. The van der Waals surface area contributed by atoms with Gasteiger partial charge in [0, 0.05) is 6.20 Å². The summed E-state index contributed by atoms with van der Waals surface area (Å²) < 4.78 is 4.22. The number of hydrogen-bond acceptors (Lipinski definition) is 3. The molecule has 0 aliphatic rings. The summed E-state index contributed by atoms with van der Waals surface area (Å²) in [6, 6.07) is 0. The van der Waals surface area contributed by atoms with E-state index in [4.69, 9.17) is 0 Å². The Hall–Kier alpha value is -1.32. The average molecular weight is 143 g/mol. The second-order valence-electron chi connectivity index (χ2n) is 1.58. The van der Waals surface area contributed by atoms with Crippen molar-refractivity contribution in [3.8, 4) is 0 Å². The van der Waals surface area contributed by atoms with Crippen molar-refractivity contribution in [1.29, 1.82) is 0 Å². The number of alkyl carbamates (subject to hydrolysis) is 1. The second kappa shape index (κ2) is 4.55. The predicted octanol–water partition coefficient (Wildman–Crippen LogP) is 0.445. The lowest BCUT2D eigenvalue weighted by atomic mass is 10.4. The number of amides is 1. The molecule has 0 aromatic heterocycles. The van der Waals surface area contributed by atoms with Gasteiger partial charge in [-0.15, -0.1) is 0 Å². The van der Waals surface area contributed by atoms with Gasteiger partial charge >= 0.3 is 6.09 Å². The van der Waals surface area contributed by atoms with Crippen LogP contribution in [-0.4, -0.2) is 19.0 Å². The first-order chi connectivity index (χ1) is 4.66. The van der Waals surface area contributed by atoms with E-state index < -0.39 is 6.09 Å². The summed E-state index contributed by atoms with van der Waals surface area (Å²) in [6.07, 6.45) is 1.88. The second-order valence-corrected chi connectivity index (χ2v) is 1.58. The molecule has 0 aliphatic carbocycles. The van der Waals surface area contributed by atoms with Crippen molar-refractivity contribution < 1.29 is 14.3 Å². The zero-order chi connectivity index (χ0) is 7.98. The van der Waals surface area contributed by atoms with Crippen molar-refractivity contribution in [2.75, 3.05) is 7.11 Å². The Balaban J connectivity index is 3.53. The minimum atomic E-state index is -0.586. The average Bonchev–Trinajstić information content (AvgIpc) is 1.87. The molecule has 0 saturated carbocycles. The van der Waals surface area contributed by atoms with Gasteiger partial charge in [0.2, 0.25) is 0 Å². The third kappa shape index (κ3) is 4.83. The molecule has 0 spiro atoms. The zero-order valence-corrected chi connectivity index (χ0v) is 5.88. The van der Waals surface area contributed by atoms with Crippen LogP contribution in [0, 0.1) is 0 Å². The number of ether oxygens (including phenoxy) is 1. The Kier molecular flexibility index (Phi) is 3.95. The first-order valence-corrected chi connectivity index (χ1v) is 2.68. The third-order valence-corrected chi connectivity index (χ3v) is 0.705. The lowest BCUT2D eigenvalue weighted by Gasteiger charge is -1.93. The van der Waals surface area contributed by atoms with E-state index in [2.05, 4.69) is 10.1 Å². The topological polar surface area (TPSA) is 55.4 Å². The molecular weight excluding hydrogens is 134 g/mol. The molecule has 10 heavy (non-hydrogen) atoms. The van der Waals surface area contributed by atoms with Gasteiger partial charge in [0.1, 0.15) is 0 Å². The van der Waals surface area contributed by atoms with Crippen LogP contribution in [0.5, 0.6) is 0 Å². The monoisotopic (exact) mass is 143 g/mol.